The smallest absolute Gasteiger partial charge is 0.320 e. The molecule has 2 N–H and O–H groups in total. The van der Waals surface area contributed by atoms with Gasteiger partial charge in [0.2, 0.25) is 5.95 Å². The number of piperidine rings is 1. The Hall–Kier alpha value is -5.10. The fourth-order valence-electron chi connectivity index (χ4n) is 6.82. The lowest BCUT2D eigenvalue weighted by atomic mass is 9.85. The second kappa shape index (κ2) is 14.6. The number of nitrogens with one attached hydrogen (secondary N) is 2. The Kier molecular flexibility index (Phi) is 9.86. The van der Waals surface area contributed by atoms with Crippen molar-refractivity contribution in [1.29, 1.82) is 0 Å². The number of hydrogen-bond acceptors (Lipinski definition) is 8. The van der Waals surface area contributed by atoms with E-state index in [-0.39, 0.29) is 23.6 Å². The summed E-state index contributed by atoms with van der Waals surface area (Å²) in [6.07, 6.45) is 6.90. The van der Waals surface area contributed by atoms with E-state index in [4.69, 9.17) is 14.6 Å². The number of hydrogen-bond donors (Lipinski definition) is 2. The molecule has 12 heteroatoms. The van der Waals surface area contributed by atoms with Crippen LogP contribution in [0.1, 0.15) is 81.8 Å². The van der Waals surface area contributed by atoms with Crippen LogP contribution in [0.2, 0.25) is 0 Å². The van der Waals surface area contributed by atoms with Crippen LogP contribution in [0.15, 0.2) is 72.9 Å². The van der Waals surface area contributed by atoms with Gasteiger partial charge in [-0.25, -0.2) is 9.48 Å². The average molecular weight is 692 g/mol. The third kappa shape index (κ3) is 7.80. The number of carbonyl (C=O) groups excluding carboxylic acids is 1. The van der Waals surface area contributed by atoms with Crippen molar-refractivity contribution in [1.82, 2.24) is 34.6 Å². The van der Waals surface area contributed by atoms with E-state index in [1.54, 1.807) is 4.68 Å². The van der Waals surface area contributed by atoms with E-state index >= 15 is 0 Å². The standard InChI is InChI=1S/C39H49N9O3/c1-39(2,3)34-25-36(48(44-34)27-12-11-13-28(24-27)50-23-22-45(4)5)41-37(49)40-32-17-18-33(31-15-8-7-14-30(31)32)51-29-16-19-35-42-43-38(47(35)26-29)46-20-9-6-10-21-46/h7-8,11-16,19,24-26,32-33H,6,9-10,17-18,20-23H2,1-5H3,(H2,40,41,49)/t32-,33+/m0/s1. The number of aromatic nitrogens is 5. The number of carbonyl (C=O) groups is 1. The summed E-state index contributed by atoms with van der Waals surface area (Å²) in [6.45, 7) is 9.69. The summed E-state index contributed by atoms with van der Waals surface area (Å²) in [4.78, 5) is 18.1. The minimum atomic E-state index is -0.294. The van der Waals surface area contributed by atoms with Gasteiger partial charge in [0.25, 0.3) is 0 Å². The molecule has 1 aliphatic heterocycles. The van der Waals surface area contributed by atoms with Gasteiger partial charge in [0, 0.05) is 37.2 Å². The predicted molar refractivity (Wildman–Crippen MR) is 199 cm³/mol. The second-order valence-electron chi connectivity index (χ2n) is 14.8. The van der Waals surface area contributed by atoms with Gasteiger partial charge >= 0.3 is 6.03 Å². The molecule has 4 heterocycles. The molecule has 0 unspecified atom stereocenters. The van der Waals surface area contributed by atoms with Crippen LogP contribution in [0, 0.1) is 0 Å². The summed E-state index contributed by atoms with van der Waals surface area (Å²) < 4.78 is 16.5. The van der Waals surface area contributed by atoms with E-state index in [1.807, 2.05) is 79.3 Å². The van der Waals surface area contributed by atoms with Gasteiger partial charge in [-0.15, -0.1) is 10.2 Å². The van der Waals surface area contributed by atoms with Crippen LogP contribution in [0.5, 0.6) is 11.5 Å². The molecule has 0 spiro atoms. The molecule has 0 saturated carbocycles. The van der Waals surface area contributed by atoms with Crippen molar-refractivity contribution in [2.24, 2.45) is 0 Å². The minimum absolute atomic E-state index is 0.155. The van der Waals surface area contributed by atoms with E-state index in [1.165, 1.54) is 19.3 Å². The van der Waals surface area contributed by atoms with Gasteiger partial charge in [0.15, 0.2) is 5.65 Å². The van der Waals surface area contributed by atoms with Crippen molar-refractivity contribution >= 4 is 23.4 Å². The Morgan fingerprint density at radius 2 is 1.73 bits per heavy atom. The second-order valence-corrected chi connectivity index (χ2v) is 14.8. The first-order valence-electron chi connectivity index (χ1n) is 18.0. The lowest BCUT2D eigenvalue weighted by Crippen LogP contribution is -2.36. The fourth-order valence-corrected chi connectivity index (χ4v) is 6.82. The summed E-state index contributed by atoms with van der Waals surface area (Å²) in [5.74, 6) is 2.96. The number of urea groups is 1. The van der Waals surface area contributed by atoms with Gasteiger partial charge in [-0.1, -0.05) is 51.1 Å². The first kappa shape index (κ1) is 34.4. The van der Waals surface area contributed by atoms with E-state index in [9.17, 15) is 4.79 Å². The zero-order valence-electron chi connectivity index (χ0n) is 30.3. The molecule has 2 atom stereocenters. The first-order chi connectivity index (χ1) is 24.6. The molecule has 3 aromatic heterocycles. The number of amides is 2. The number of ether oxygens (including phenoxy) is 2. The Labute approximate surface area is 299 Å². The lowest BCUT2D eigenvalue weighted by Gasteiger charge is -2.32. The highest BCUT2D eigenvalue weighted by atomic mass is 16.5. The van der Waals surface area contributed by atoms with Gasteiger partial charge in [-0.3, -0.25) is 9.72 Å². The monoisotopic (exact) mass is 691 g/mol. The van der Waals surface area contributed by atoms with Crippen molar-refractivity contribution in [3.05, 3.63) is 89.7 Å². The van der Waals surface area contributed by atoms with E-state index < -0.39 is 0 Å². The highest BCUT2D eigenvalue weighted by molar-refractivity contribution is 5.89. The fraction of sp³-hybridized carbons (Fsp3) is 0.436. The zero-order chi connectivity index (χ0) is 35.5. The number of nitrogens with zero attached hydrogens (tertiary/aromatic N) is 7. The van der Waals surface area contributed by atoms with Crippen molar-refractivity contribution in [3.8, 4) is 17.2 Å². The van der Waals surface area contributed by atoms with Crippen LogP contribution in [0.4, 0.5) is 16.6 Å². The maximum atomic E-state index is 13.7. The molecular weight excluding hydrogens is 642 g/mol. The average Bonchev–Trinajstić information content (AvgIpc) is 3.74. The number of rotatable bonds is 10. The molecular formula is C39H49N9O3. The Bertz CT molecular complexity index is 1970. The Morgan fingerprint density at radius 3 is 2.51 bits per heavy atom. The SMILES string of the molecule is CN(C)CCOc1cccc(-n2nc(C(C)(C)C)cc2NC(=O)N[C@H]2CC[C@@H](Oc3ccc4nnc(N5CCCCC5)n4c3)c3ccccc32)c1. The molecule has 1 aliphatic carbocycles. The molecule has 1 saturated heterocycles. The molecule has 0 radical (unpaired) electrons. The molecule has 1 fully saturated rings. The molecule has 51 heavy (non-hydrogen) atoms. The first-order valence-corrected chi connectivity index (χ1v) is 18.0. The van der Waals surface area contributed by atoms with Crippen LogP contribution in [0.25, 0.3) is 11.3 Å². The van der Waals surface area contributed by atoms with Crippen molar-refractivity contribution < 1.29 is 14.3 Å². The maximum absolute atomic E-state index is 13.7. The minimum Gasteiger partial charge on any atom is -0.492 e. The van der Waals surface area contributed by atoms with Crippen molar-refractivity contribution in [3.63, 3.8) is 0 Å². The molecule has 7 rings (SSSR count). The predicted octanol–water partition coefficient (Wildman–Crippen LogP) is 6.92. The van der Waals surface area contributed by atoms with E-state index in [0.717, 1.165) is 78.1 Å². The van der Waals surface area contributed by atoms with Crippen LogP contribution in [0.3, 0.4) is 0 Å². The quantitative estimate of drug-likeness (QED) is 0.162. The molecule has 2 amide bonds. The number of fused-ring (bicyclic) bond motifs is 2. The molecule has 2 aliphatic rings. The van der Waals surface area contributed by atoms with Gasteiger partial charge in [0.1, 0.15) is 30.0 Å². The van der Waals surface area contributed by atoms with Crippen LogP contribution in [-0.4, -0.2) is 75.6 Å². The Morgan fingerprint density at radius 1 is 0.922 bits per heavy atom. The highest BCUT2D eigenvalue weighted by Crippen LogP contribution is 2.39. The molecule has 5 aromatic rings. The Balaban J connectivity index is 1.07. The zero-order valence-corrected chi connectivity index (χ0v) is 30.3. The third-order valence-corrected chi connectivity index (χ3v) is 9.60. The molecule has 268 valence electrons. The summed E-state index contributed by atoms with van der Waals surface area (Å²) in [5, 5.41) is 20.2. The van der Waals surface area contributed by atoms with Crippen LogP contribution in [-0.2, 0) is 5.41 Å². The number of benzene rings is 2. The van der Waals surface area contributed by atoms with Crippen molar-refractivity contribution in [2.75, 3.05) is 50.6 Å². The largest absolute Gasteiger partial charge is 0.492 e. The summed E-state index contributed by atoms with van der Waals surface area (Å²) >= 11 is 0. The van der Waals surface area contributed by atoms with Gasteiger partial charge in [-0.2, -0.15) is 5.10 Å². The van der Waals surface area contributed by atoms with E-state index in [0.29, 0.717) is 12.4 Å². The third-order valence-electron chi connectivity index (χ3n) is 9.60. The summed E-state index contributed by atoms with van der Waals surface area (Å²) in [5.41, 5.74) is 4.38. The summed E-state index contributed by atoms with van der Waals surface area (Å²) in [7, 11) is 4.04. The lowest BCUT2D eigenvalue weighted by molar-refractivity contribution is 0.171. The molecule has 0 bridgehead atoms. The number of pyridine rings is 1. The summed E-state index contributed by atoms with van der Waals surface area (Å²) in [6, 6.07) is 21.4. The van der Waals surface area contributed by atoms with Crippen LogP contribution < -0.4 is 25.0 Å². The van der Waals surface area contributed by atoms with Crippen molar-refractivity contribution in [2.45, 2.75) is 70.4 Å². The topological polar surface area (TPSA) is 114 Å². The maximum Gasteiger partial charge on any atom is 0.320 e. The number of anilines is 2. The highest BCUT2D eigenvalue weighted by Gasteiger charge is 2.30. The van der Waals surface area contributed by atoms with E-state index in [2.05, 4.69) is 63.5 Å². The van der Waals surface area contributed by atoms with Gasteiger partial charge in [-0.05, 0) is 81.6 Å². The number of likely N-dealkylation sites (N-methyl/N-ethyl adjacent to an activating group) is 1. The van der Waals surface area contributed by atoms with Gasteiger partial charge in [0.05, 0.1) is 23.6 Å². The molecule has 2 aromatic carbocycles. The van der Waals surface area contributed by atoms with Gasteiger partial charge < -0.3 is 24.6 Å². The normalized spacial score (nSPS) is 17.7. The molecule has 12 nitrogen and oxygen atoms in total. The van der Waals surface area contributed by atoms with Crippen LogP contribution >= 0.6 is 0 Å².